The number of aromatic carboxylic acids is 1. The molecule has 0 spiro atoms. The zero-order valence-electron chi connectivity index (χ0n) is 26.2. The topological polar surface area (TPSA) is 107 Å². The summed E-state index contributed by atoms with van der Waals surface area (Å²) in [6, 6.07) is 20.7. The van der Waals surface area contributed by atoms with E-state index in [-0.39, 0.29) is 16.9 Å². The van der Waals surface area contributed by atoms with E-state index in [0.717, 1.165) is 47.6 Å². The Hall–Kier alpha value is -4.37. The molecule has 9 heteroatoms. The van der Waals surface area contributed by atoms with Crippen molar-refractivity contribution in [3.8, 4) is 5.75 Å². The molecular formula is C35H42N2O7. The van der Waals surface area contributed by atoms with Crippen molar-refractivity contribution in [2.45, 2.75) is 52.1 Å². The normalized spacial score (nSPS) is 14.8. The molecule has 1 aliphatic heterocycles. The number of carboxylic acids is 1. The molecule has 0 saturated carbocycles. The van der Waals surface area contributed by atoms with Gasteiger partial charge in [-0.2, -0.15) is 0 Å². The Morgan fingerprint density at radius 2 is 1.64 bits per heavy atom. The summed E-state index contributed by atoms with van der Waals surface area (Å²) in [5.74, 6) is -0.552. The molecule has 1 heterocycles. The highest BCUT2D eigenvalue weighted by Gasteiger charge is 2.32. The first-order valence-corrected chi connectivity index (χ1v) is 15.0. The maximum atomic E-state index is 12.2. The summed E-state index contributed by atoms with van der Waals surface area (Å²) in [6.45, 7) is 11.0. The molecule has 234 valence electrons. The molecule has 3 aromatic rings. The number of hydrogen-bond acceptors (Lipinski definition) is 8. The summed E-state index contributed by atoms with van der Waals surface area (Å²) >= 11 is 0. The molecule has 1 aliphatic rings. The van der Waals surface area contributed by atoms with E-state index in [2.05, 4.69) is 36.0 Å². The van der Waals surface area contributed by atoms with Crippen molar-refractivity contribution >= 4 is 23.3 Å². The van der Waals surface area contributed by atoms with Crippen LogP contribution in [0.3, 0.4) is 0 Å². The number of nitrogens with zero attached hydrogens (tertiary/aromatic N) is 2. The van der Waals surface area contributed by atoms with Crippen LogP contribution < -0.4 is 9.64 Å². The second-order valence-electron chi connectivity index (χ2n) is 11.3. The molecule has 1 atom stereocenters. The lowest BCUT2D eigenvalue weighted by atomic mass is 9.76. The Labute approximate surface area is 259 Å². The van der Waals surface area contributed by atoms with Crippen LogP contribution in [-0.2, 0) is 30.9 Å². The SMILES string of the molecule is CCOC(=O)C(Cc1ccc(OCCN2CCC(C)(C)c3cc(C(=NOC)c4ccc(C(=O)O)cc4)ccc32)cc1)OCC. The van der Waals surface area contributed by atoms with Crippen molar-refractivity contribution in [2.24, 2.45) is 5.16 Å². The maximum absolute atomic E-state index is 12.2. The van der Waals surface area contributed by atoms with Gasteiger partial charge < -0.3 is 29.1 Å². The molecule has 9 nitrogen and oxygen atoms in total. The summed E-state index contributed by atoms with van der Waals surface area (Å²) in [6.07, 6.45) is 0.800. The Kier molecular flexibility index (Phi) is 11.0. The molecule has 44 heavy (non-hydrogen) atoms. The fourth-order valence-electron chi connectivity index (χ4n) is 5.39. The average molecular weight is 603 g/mol. The van der Waals surface area contributed by atoms with E-state index >= 15 is 0 Å². The number of anilines is 1. The van der Waals surface area contributed by atoms with Crippen LogP contribution in [0.2, 0.25) is 0 Å². The smallest absolute Gasteiger partial charge is 0.335 e. The molecule has 1 unspecified atom stereocenters. The summed E-state index contributed by atoms with van der Waals surface area (Å²) < 4.78 is 16.8. The first-order valence-electron chi connectivity index (χ1n) is 15.0. The number of carbonyl (C=O) groups excluding carboxylic acids is 1. The number of hydrogen-bond donors (Lipinski definition) is 1. The van der Waals surface area contributed by atoms with Gasteiger partial charge in [-0.25, -0.2) is 9.59 Å². The van der Waals surface area contributed by atoms with Gasteiger partial charge in [0.1, 0.15) is 25.2 Å². The lowest BCUT2D eigenvalue weighted by Crippen LogP contribution is -2.39. The zero-order chi connectivity index (χ0) is 31.7. The lowest BCUT2D eigenvalue weighted by molar-refractivity contribution is -0.156. The molecule has 0 aliphatic carbocycles. The van der Waals surface area contributed by atoms with Gasteiger partial charge in [0, 0.05) is 36.4 Å². The molecule has 0 bridgehead atoms. The predicted molar refractivity (Wildman–Crippen MR) is 170 cm³/mol. The Morgan fingerprint density at radius 1 is 0.955 bits per heavy atom. The highest BCUT2D eigenvalue weighted by Crippen LogP contribution is 2.40. The van der Waals surface area contributed by atoms with Crippen LogP contribution in [0.15, 0.2) is 71.9 Å². The van der Waals surface area contributed by atoms with E-state index in [1.165, 1.54) is 12.7 Å². The van der Waals surface area contributed by atoms with E-state index in [1.807, 2.05) is 37.3 Å². The maximum Gasteiger partial charge on any atom is 0.335 e. The summed E-state index contributed by atoms with van der Waals surface area (Å²) in [5, 5.41) is 13.6. The van der Waals surface area contributed by atoms with Gasteiger partial charge in [0.15, 0.2) is 6.10 Å². The fraction of sp³-hybridized carbons (Fsp3) is 0.400. The first kappa shape index (κ1) is 32.5. The van der Waals surface area contributed by atoms with Gasteiger partial charge in [-0.15, -0.1) is 0 Å². The summed E-state index contributed by atoms with van der Waals surface area (Å²) in [7, 11) is 1.50. The second-order valence-corrected chi connectivity index (χ2v) is 11.3. The second kappa shape index (κ2) is 14.9. The number of fused-ring (bicyclic) bond motifs is 1. The van der Waals surface area contributed by atoms with Gasteiger partial charge in [0.25, 0.3) is 0 Å². The van der Waals surface area contributed by atoms with Crippen LogP contribution in [0, 0.1) is 0 Å². The minimum Gasteiger partial charge on any atom is -0.492 e. The van der Waals surface area contributed by atoms with Gasteiger partial charge >= 0.3 is 11.9 Å². The standard InChI is InChI=1S/C35H42N2O7/c1-6-42-31(34(40)43-7-2)22-24-8-15-28(16-9-24)44-21-20-37-19-18-35(3,4)29-23-27(14-17-30(29)37)32(36-41-5)25-10-12-26(13-11-25)33(38)39/h8-17,23,31H,6-7,18-22H2,1-5H3,(H,38,39). The molecule has 3 aromatic carbocycles. The quantitative estimate of drug-likeness (QED) is 0.139. The van der Waals surface area contributed by atoms with Crippen LogP contribution in [-0.4, -0.2) is 68.9 Å². The average Bonchev–Trinajstić information content (AvgIpc) is 3.01. The number of carbonyl (C=O) groups is 2. The van der Waals surface area contributed by atoms with E-state index in [0.29, 0.717) is 32.0 Å². The van der Waals surface area contributed by atoms with Crippen LogP contribution >= 0.6 is 0 Å². The van der Waals surface area contributed by atoms with Gasteiger partial charge in [0.05, 0.1) is 18.7 Å². The molecule has 0 radical (unpaired) electrons. The van der Waals surface area contributed by atoms with Crippen molar-refractivity contribution in [1.29, 1.82) is 0 Å². The Morgan fingerprint density at radius 3 is 2.27 bits per heavy atom. The highest BCUT2D eigenvalue weighted by molar-refractivity contribution is 6.13. The Balaban J connectivity index is 1.44. The van der Waals surface area contributed by atoms with Crippen LogP contribution in [0.4, 0.5) is 5.69 Å². The monoisotopic (exact) mass is 602 g/mol. The largest absolute Gasteiger partial charge is 0.492 e. The molecule has 0 amide bonds. The van der Waals surface area contributed by atoms with Crippen molar-refractivity contribution < 1.29 is 33.7 Å². The van der Waals surface area contributed by atoms with Crippen molar-refractivity contribution in [3.63, 3.8) is 0 Å². The van der Waals surface area contributed by atoms with E-state index in [4.69, 9.17) is 19.0 Å². The highest BCUT2D eigenvalue weighted by atomic mass is 16.6. The third kappa shape index (κ3) is 7.96. The zero-order valence-corrected chi connectivity index (χ0v) is 26.2. The molecule has 0 fully saturated rings. The van der Waals surface area contributed by atoms with Crippen molar-refractivity contribution in [3.05, 3.63) is 94.5 Å². The van der Waals surface area contributed by atoms with Crippen molar-refractivity contribution in [1.82, 2.24) is 0 Å². The molecule has 4 rings (SSSR count). The third-order valence-electron chi connectivity index (χ3n) is 7.83. The summed E-state index contributed by atoms with van der Waals surface area (Å²) in [5.41, 5.74) is 5.82. The first-order chi connectivity index (χ1) is 21.2. The molecular weight excluding hydrogens is 560 g/mol. The lowest BCUT2D eigenvalue weighted by Gasteiger charge is -2.40. The number of ether oxygens (including phenoxy) is 3. The third-order valence-corrected chi connectivity index (χ3v) is 7.83. The number of benzene rings is 3. The van der Waals surface area contributed by atoms with E-state index < -0.39 is 12.1 Å². The molecule has 1 N–H and O–H groups in total. The van der Waals surface area contributed by atoms with Gasteiger partial charge in [-0.1, -0.05) is 49.3 Å². The fourth-order valence-corrected chi connectivity index (χ4v) is 5.39. The van der Waals surface area contributed by atoms with Gasteiger partial charge in [0.2, 0.25) is 0 Å². The van der Waals surface area contributed by atoms with E-state index in [1.54, 1.807) is 31.2 Å². The van der Waals surface area contributed by atoms with Gasteiger partial charge in [-0.05, 0) is 73.2 Å². The minimum atomic E-state index is -0.972. The van der Waals surface area contributed by atoms with E-state index in [9.17, 15) is 14.7 Å². The van der Waals surface area contributed by atoms with Crippen molar-refractivity contribution in [2.75, 3.05) is 44.9 Å². The van der Waals surface area contributed by atoms with Crippen LogP contribution in [0.1, 0.15) is 66.7 Å². The number of rotatable bonds is 14. The predicted octanol–water partition coefficient (Wildman–Crippen LogP) is 5.86. The Bertz CT molecular complexity index is 1450. The number of oxime groups is 1. The van der Waals surface area contributed by atoms with Crippen LogP contribution in [0.25, 0.3) is 0 Å². The molecule has 0 aromatic heterocycles. The van der Waals surface area contributed by atoms with Gasteiger partial charge in [-0.3, -0.25) is 0 Å². The molecule has 0 saturated heterocycles. The summed E-state index contributed by atoms with van der Waals surface area (Å²) in [4.78, 5) is 31.0. The number of esters is 1. The van der Waals surface area contributed by atoms with Crippen LogP contribution in [0.5, 0.6) is 5.75 Å². The number of carboxylic acid groups (broad SMARTS) is 1. The minimum absolute atomic E-state index is 0.0488.